The van der Waals surface area contributed by atoms with Gasteiger partial charge in [0.1, 0.15) is 0 Å². The van der Waals surface area contributed by atoms with Crippen LogP contribution in [0.1, 0.15) is 17.2 Å². The summed E-state index contributed by atoms with van der Waals surface area (Å²) >= 11 is 3.50. The van der Waals surface area contributed by atoms with Gasteiger partial charge in [-0.05, 0) is 40.5 Å². The Morgan fingerprint density at radius 3 is 2.61 bits per heavy atom. The summed E-state index contributed by atoms with van der Waals surface area (Å²) in [7, 11) is 0. The van der Waals surface area contributed by atoms with Crippen LogP contribution in [0.5, 0.6) is 0 Å². The number of anilines is 1. The van der Waals surface area contributed by atoms with Gasteiger partial charge < -0.3 is 10.4 Å². The smallest absolute Gasteiger partial charge is 0.0745 e. The minimum absolute atomic E-state index is 0.0603. The van der Waals surface area contributed by atoms with Crippen molar-refractivity contribution in [1.82, 2.24) is 0 Å². The number of rotatable bonds is 4. The second-order valence-electron chi connectivity index (χ2n) is 4.27. The van der Waals surface area contributed by atoms with Crippen LogP contribution < -0.4 is 5.32 Å². The van der Waals surface area contributed by atoms with Crippen LogP contribution in [0.15, 0.2) is 53.0 Å². The first-order valence-electron chi connectivity index (χ1n) is 5.89. The summed E-state index contributed by atoms with van der Waals surface area (Å²) in [6, 6.07) is 16.0. The van der Waals surface area contributed by atoms with Crippen molar-refractivity contribution in [3.63, 3.8) is 0 Å². The number of para-hydroxylation sites is 1. The minimum Gasteiger partial charge on any atom is -0.394 e. The lowest BCUT2D eigenvalue weighted by Gasteiger charge is -2.19. The molecule has 0 amide bonds. The van der Waals surface area contributed by atoms with Gasteiger partial charge in [-0.1, -0.05) is 42.0 Å². The molecule has 0 bridgehead atoms. The summed E-state index contributed by atoms with van der Waals surface area (Å²) < 4.78 is 0.996. The highest BCUT2D eigenvalue weighted by molar-refractivity contribution is 9.10. The lowest BCUT2D eigenvalue weighted by molar-refractivity contribution is 0.276. The fourth-order valence-electron chi connectivity index (χ4n) is 1.89. The number of aryl methyl sites for hydroxylation is 1. The van der Waals surface area contributed by atoms with Gasteiger partial charge in [0.05, 0.1) is 12.6 Å². The molecule has 0 aliphatic rings. The standard InChI is InChI=1S/C15H16BrNO/c1-11-5-4-6-12(9-11)15(10-18)17-14-8-3-2-7-13(14)16/h2-9,15,17-18H,10H2,1H3. The number of benzene rings is 2. The van der Waals surface area contributed by atoms with E-state index in [1.807, 2.05) is 36.4 Å². The summed E-state index contributed by atoms with van der Waals surface area (Å²) in [5.41, 5.74) is 3.27. The first kappa shape index (κ1) is 13.1. The molecule has 0 saturated carbocycles. The van der Waals surface area contributed by atoms with Gasteiger partial charge in [0.15, 0.2) is 0 Å². The molecule has 2 aromatic carbocycles. The van der Waals surface area contributed by atoms with Crippen molar-refractivity contribution in [3.8, 4) is 0 Å². The Balaban J connectivity index is 2.23. The van der Waals surface area contributed by atoms with E-state index < -0.39 is 0 Å². The maximum absolute atomic E-state index is 9.54. The SMILES string of the molecule is Cc1cccc(C(CO)Nc2ccccc2Br)c1. The number of aliphatic hydroxyl groups excluding tert-OH is 1. The number of aliphatic hydroxyl groups is 1. The fourth-order valence-corrected chi connectivity index (χ4v) is 2.29. The quantitative estimate of drug-likeness (QED) is 0.898. The van der Waals surface area contributed by atoms with Crippen LogP contribution in [0.2, 0.25) is 0 Å². The number of hydrogen-bond acceptors (Lipinski definition) is 2. The van der Waals surface area contributed by atoms with Crippen molar-refractivity contribution in [2.75, 3.05) is 11.9 Å². The van der Waals surface area contributed by atoms with Gasteiger partial charge in [-0.2, -0.15) is 0 Å². The molecule has 0 saturated heterocycles. The molecule has 1 atom stereocenters. The first-order chi connectivity index (χ1) is 8.70. The summed E-state index contributed by atoms with van der Waals surface area (Å²) in [6.07, 6.45) is 0. The van der Waals surface area contributed by atoms with Crippen molar-refractivity contribution in [1.29, 1.82) is 0 Å². The maximum atomic E-state index is 9.54. The van der Waals surface area contributed by atoms with Gasteiger partial charge >= 0.3 is 0 Å². The third-order valence-corrected chi connectivity index (χ3v) is 3.52. The van der Waals surface area contributed by atoms with Crippen LogP contribution in [-0.4, -0.2) is 11.7 Å². The van der Waals surface area contributed by atoms with E-state index in [0.29, 0.717) is 0 Å². The molecule has 0 heterocycles. The van der Waals surface area contributed by atoms with E-state index in [1.54, 1.807) is 0 Å². The molecular formula is C15H16BrNO. The highest BCUT2D eigenvalue weighted by Gasteiger charge is 2.11. The van der Waals surface area contributed by atoms with E-state index in [-0.39, 0.29) is 12.6 Å². The average molecular weight is 306 g/mol. The zero-order chi connectivity index (χ0) is 13.0. The van der Waals surface area contributed by atoms with E-state index >= 15 is 0 Å². The van der Waals surface area contributed by atoms with Gasteiger partial charge in [0, 0.05) is 10.2 Å². The van der Waals surface area contributed by atoms with E-state index in [0.717, 1.165) is 15.7 Å². The molecule has 0 radical (unpaired) electrons. The molecule has 0 aliphatic carbocycles. The van der Waals surface area contributed by atoms with Crippen molar-refractivity contribution in [2.24, 2.45) is 0 Å². The summed E-state index contributed by atoms with van der Waals surface area (Å²) in [5, 5.41) is 12.9. The zero-order valence-corrected chi connectivity index (χ0v) is 11.8. The molecule has 0 fully saturated rings. The van der Waals surface area contributed by atoms with Gasteiger partial charge in [0.25, 0.3) is 0 Å². The van der Waals surface area contributed by atoms with Crippen molar-refractivity contribution in [3.05, 3.63) is 64.1 Å². The summed E-state index contributed by atoms with van der Waals surface area (Å²) in [4.78, 5) is 0. The molecule has 2 N–H and O–H groups in total. The van der Waals surface area contributed by atoms with Crippen LogP contribution in [0, 0.1) is 6.92 Å². The maximum Gasteiger partial charge on any atom is 0.0745 e. The molecule has 1 unspecified atom stereocenters. The third kappa shape index (κ3) is 3.12. The lowest BCUT2D eigenvalue weighted by atomic mass is 10.0. The normalized spacial score (nSPS) is 12.2. The Labute approximate surface area is 116 Å². The van der Waals surface area contributed by atoms with Crippen LogP contribution in [0.4, 0.5) is 5.69 Å². The largest absolute Gasteiger partial charge is 0.394 e. The number of nitrogens with one attached hydrogen (secondary N) is 1. The minimum atomic E-state index is -0.0939. The fraction of sp³-hybridized carbons (Fsp3) is 0.200. The van der Waals surface area contributed by atoms with E-state index in [9.17, 15) is 5.11 Å². The molecule has 0 aliphatic heterocycles. The average Bonchev–Trinajstić information content (AvgIpc) is 2.38. The van der Waals surface area contributed by atoms with E-state index in [4.69, 9.17) is 0 Å². The Hall–Kier alpha value is -1.32. The molecule has 2 nitrogen and oxygen atoms in total. The summed E-state index contributed by atoms with van der Waals surface area (Å²) in [6.45, 7) is 2.11. The predicted octanol–water partition coefficient (Wildman–Crippen LogP) is 3.90. The van der Waals surface area contributed by atoms with Crippen LogP contribution in [-0.2, 0) is 0 Å². The number of hydrogen-bond donors (Lipinski definition) is 2. The van der Waals surface area contributed by atoms with Crippen LogP contribution in [0.3, 0.4) is 0 Å². The first-order valence-corrected chi connectivity index (χ1v) is 6.68. The van der Waals surface area contributed by atoms with Gasteiger partial charge in [0.2, 0.25) is 0 Å². The zero-order valence-electron chi connectivity index (χ0n) is 10.2. The molecule has 94 valence electrons. The molecular weight excluding hydrogens is 290 g/mol. The number of halogens is 1. The van der Waals surface area contributed by atoms with Crippen molar-refractivity contribution >= 4 is 21.6 Å². The Morgan fingerprint density at radius 1 is 1.17 bits per heavy atom. The summed E-state index contributed by atoms with van der Waals surface area (Å²) in [5.74, 6) is 0. The predicted molar refractivity (Wildman–Crippen MR) is 78.8 cm³/mol. The third-order valence-electron chi connectivity index (χ3n) is 2.83. The molecule has 0 aromatic heterocycles. The second-order valence-corrected chi connectivity index (χ2v) is 5.13. The second kappa shape index (κ2) is 6.03. The van der Waals surface area contributed by atoms with Crippen molar-refractivity contribution in [2.45, 2.75) is 13.0 Å². The van der Waals surface area contributed by atoms with E-state index in [1.165, 1.54) is 5.56 Å². The molecule has 0 spiro atoms. The molecule has 2 rings (SSSR count). The Bertz CT molecular complexity index is 527. The monoisotopic (exact) mass is 305 g/mol. The van der Waals surface area contributed by atoms with Crippen LogP contribution >= 0.6 is 15.9 Å². The van der Waals surface area contributed by atoms with E-state index in [2.05, 4.69) is 40.3 Å². The molecule has 2 aromatic rings. The Kier molecular flexibility index (Phi) is 4.39. The van der Waals surface area contributed by atoms with Gasteiger partial charge in [-0.25, -0.2) is 0 Å². The highest BCUT2D eigenvalue weighted by atomic mass is 79.9. The molecule has 18 heavy (non-hydrogen) atoms. The lowest BCUT2D eigenvalue weighted by Crippen LogP contribution is -2.15. The van der Waals surface area contributed by atoms with Crippen molar-refractivity contribution < 1.29 is 5.11 Å². The topological polar surface area (TPSA) is 32.3 Å². The molecule has 3 heteroatoms. The Morgan fingerprint density at radius 2 is 1.94 bits per heavy atom. The van der Waals surface area contributed by atoms with Gasteiger partial charge in [-0.3, -0.25) is 0 Å². The van der Waals surface area contributed by atoms with Gasteiger partial charge in [-0.15, -0.1) is 0 Å². The van der Waals surface area contributed by atoms with Crippen LogP contribution in [0.25, 0.3) is 0 Å². The highest BCUT2D eigenvalue weighted by Crippen LogP contribution is 2.26.